The standard InChI is InChI=1S/C15H19FN2S/c1-15(2)5-6-18(7-8-19-15)11-13-9-14(16)4-3-12(13)10-17/h3-4,9H,5-8,11H2,1-2H3. The van der Waals surface area contributed by atoms with Gasteiger partial charge in [-0.3, -0.25) is 4.90 Å². The fraction of sp³-hybridized carbons (Fsp3) is 0.533. The van der Waals surface area contributed by atoms with Crippen molar-refractivity contribution in [2.24, 2.45) is 0 Å². The Balaban J connectivity index is 2.09. The zero-order chi connectivity index (χ0) is 13.9. The first kappa shape index (κ1) is 14.4. The molecule has 2 rings (SSSR count). The molecule has 0 aliphatic carbocycles. The van der Waals surface area contributed by atoms with Crippen LogP contribution < -0.4 is 0 Å². The maximum Gasteiger partial charge on any atom is 0.123 e. The largest absolute Gasteiger partial charge is 0.298 e. The van der Waals surface area contributed by atoms with Crippen LogP contribution in [0.15, 0.2) is 18.2 Å². The van der Waals surface area contributed by atoms with E-state index in [1.165, 1.54) is 12.1 Å². The minimum Gasteiger partial charge on any atom is -0.298 e. The smallest absolute Gasteiger partial charge is 0.123 e. The molecule has 0 saturated carbocycles. The Hall–Kier alpha value is -1.05. The van der Waals surface area contributed by atoms with Crippen LogP contribution in [0.3, 0.4) is 0 Å². The topological polar surface area (TPSA) is 27.0 Å². The maximum absolute atomic E-state index is 13.3. The SMILES string of the molecule is CC1(C)CCN(Cc2cc(F)ccc2C#N)CCS1. The van der Waals surface area contributed by atoms with E-state index in [4.69, 9.17) is 5.26 Å². The normalized spacial score (nSPS) is 19.7. The van der Waals surface area contributed by atoms with Crippen molar-refractivity contribution in [1.29, 1.82) is 5.26 Å². The molecule has 0 N–H and O–H groups in total. The highest BCUT2D eigenvalue weighted by Gasteiger charge is 2.23. The van der Waals surface area contributed by atoms with Crippen LogP contribution >= 0.6 is 11.8 Å². The van der Waals surface area contributed by atoms with Crippen molar-refractivity contribution in [2.75, 3.05) is 18.8 Å². The molecular weight excluding hydrogens is 259 g/mol. The Bertz CT molecular complexity index is 493. The van der Waals surface area contributed by atoms with Crippen molar-refractivity contribution in [3.8, 4) is 6.07 Å². The number of hydrogen-bond acceptors (Lipinski definition) is 3. The van der Waals surface area contributed by atoms with Crippen LogP contribution in [0.1, 0.15) is 31.4 Å². The van der Waals surface area contributed by atoms with E-state index in [-0.39, 0.29) is 5.82 Å². The van der Waals surface area contributed by atoms with Crippen LogP contribution in [0.25, 0.3) is 0 Å². The van der Waals surface area contributed by atoms with Gasteiger partial charge in [-0.15, -0.1) is 0 Å². The molecule has 0 amide bonds. The first-order chi connectivity index (χ1) is 9.00. The minimum atomic E-state index is -0.265. The lowest BCUT2D eigenvalue weighted by molar-refractivity contribution is 0.276. The third-order valence-electron chi connectivity index (χ3n) is 3.51. The van der Waals surface area contributed by atoms with Crippen LogP contribution in [0.2, 0.25) is 0 Å². The number of hydrogen-bond donors (Lipinski definition) is 0. The molecule has 1 aromatic carbocycles. The highest BCUT2D eigenvalue weighted by molar-refractivity contribution is 8.00. The van der Waals surface area contributed by atoms with Gasteiger partial charge in [0.05, 0.1) is 11.6 Å². The summed E-state index contributed by atoms with van der Waals surface area (Å²) >= 11 is 1.99. The summed E-state index contributed by atoms with van der Waals surface area (Å²) in [6.07, 6.45) is 1.12. The summed E-state index contributed by atoms with van der Waals surface area (Å²) in [5, 5.41) is 9.08. The maximum atomic E-state index is 13.3. The number of benzene rings is 1. The lowest BCUT2D eigenvalue weighted by Gasteiger charge is -2.22. The average Bonchev–Trinajstić information content (AvgIpc) is 2.51. The molecule has 0 radical (unpaired) electrons. The Morgan fingerprint density at radius 2 is 2.21 bits per heavy atom. The van der Waals surface area contributed by atoms with Crippen molar-refractivity contribution in [3.63, 3.8) is 0 Å². The lowest BCUT2D eigenvalue weighted by atomic mass is 10.1. The molecule has 0 aromatic heterocycles. The number of halogens is 1. The second-order valence-corrected chi connectivity index (χ2v) is 7.35. The molecule has 0 bridgehead atoms. The predicted molar refractivity (Wildman–Crippen MR) is 77.5 cm³/mol. The second-order valence-electron chi connectivity index (χ2n) is 5.55. The molecule has 2 nitrogen and oxygen atoms in total. The van der Waals surface area contributed by atoms with Crippen molar-refractivity contribution < 1.29 is 4.39 Å². The molecule has 0 unspecified atom stereocenters. The Kier molecular flexibility index (Phi) is 4.49. The molecular formula is C15H19FN2S. The fourth-order valence-corrected chi connectivity index (χ4v) is 3.40. The van der Waals surface area contributed by atoms with E-state index in [2.05, 4.69) is 24.8 Å². The van der Waals surface area contributed by atoms with Crippen molar-refractivity contribution in [1.82, 2.24) is 4.90 Å². The number of rotatable bonds is 2. The van der Waals surface area contributed by atoms with Gasteiger partial charge in [-0.25, -0.2) is 4.39 Å². The number of nitriles is 1. The number of thioether (sulfide) groups is 1. The predicted octanol–water partition coefficient (Wildman–Crippen LogP) is 3.41. The third kappa shape index (κ3) is 3.95. The number of nitrogens with zero attached hydrogens (tertiary/aromatic N) is 2. The molecule has 1 heterocycles. The van der Waals surface area contributed by atoms with E-state index in [1.807, 2.05) is 11.8 Å². The van der Waals surface area contributed by atoms with Gasteiger partial charge in [0.1, 0.15) is 5.82 Å². The van der Waals surface area contributed by atoms with Crippen molar-refractivity contribution >= 4 is 11.8 Å². The molecule has 19 heavy (non-hydrogen) atoms. The zero-order valence-corrected chi connectivity index (χ0v) is 12.3. The van der Waals surface area contributed by atoms with Gasteiger partial charge < -0.3 is 0 Å². The van der Waals surface area contributed by atoms with E-state index in [1.54, 1.807) is 6.07 Å². The monoisotopic (exact) mass is 278 g/mol. The van der Waals surface area contributed by atoms with Gasteiger partial charge in [-0.1, -0.05) is 13.8 Å². The first-order valence-corrected chi connectivity index (χ1v) is 7.53. The Labute approximate surface area is 118 Å². The summed E-state index contributed by atoms with van der Waals surface area (Å²) in [7, 11) is 0. The summed E-state index contributed by atoms with van der Waals surface area (Å²) in [5.74, 6) is 0.822. The van der Waals surface area contributed by atoms with Crippen molar-refractivity contribution in [2.45, 2.75) is 31.6 Å². The van der Waals surface area contributed by atoms with Crippen LogP contribution in [0.4, 0.5) is 4.39 Å². The van der Waals surface area contributed by atoms with Gasteiger partial charge in [0.2, 0.25) is 0 Å². The van der Waals surface area contributed by atoms with Gasteiger partial charge in [0, 0.05) is 23.6 Å². The fourth-order valence-electron chi connectivity index (χ4n) is 2.26. The molecule has 102 valence electrons. The molecule has 4 heteroatoms. The van der Waals surface area contributed by atoms with Crippen LogP contribution in [-0.4, -0.2) is 28.5 Å². The first-order valence-electron chi connectivity index (χ1n) is 6.55. The van der Waals surface area contributed by atoms with Gasteiger partial charge in [0.25, 0.3) is 0 Å². The van der Waals surface area contributed by atoms with Gasteiger partial charge in [0.15, 0.2) is 0 Å². The van der Waals surface area contributed by atoms with Gasteiger partial charge in [-0.2, -0.15) is 17.0 Å². The summed E-state index contributed by atoms with van der Waals surface area (Å²) in [6, 6.07) is 6.55. The molecule has 0 spiro atoms. The molecule has 1 saturated heterocycles. The summed E-state index contributed by atoms with van der Waals surface area (Å²) in [6.45, 7) is 7.20. The van der Waals surface area contributed by atoms with E-state index in [0.717, 1.165) is 30.8 Å². The Morgan fingerprint density at radius 1 is 1.42 bits per heavy atom. The van der Waals surface area contributed by atoms with Gasteiger partial charge in [-0.05, 0) is 36.7 Å². The molecule has 1 aliphatic heterocycles. The minimum absolute atomic E-state index is 0.265. The van der Waals surface area contributed by atoms with Crippen LogP contribution in [0.5, 0.6) is 0 Å². The van der Waals surface area contributed by atoms with Crippen LogP contribution in [-0.2, 0) is 6.54 Å². The highest BCUT2D eigenvalue weighted by Crippen LogP contribution is 2.31. The van der Waals surface area contributed by atoms with Crippen LogP contribution in [0, 0.1) is 17.1 Å². The molecule has 1 aromatic rings. The molecule has 0 atom stereocenters. The summed E-state index contributed by atoms with van der Waals surface area (Å²) < 4.78 is 13.6. The molecule has 1 aliphatic rings. The highest BCUT2D eigenvalue weighted by atomic mass is 32.2. The second kappa shape index (κ2) is 5.94. The Morgan fingerprint density at radius 3 is 2.95 bits per heavy atom. The summed E-state index contributed by atoms with van der Waals surface area (Å²) in [5.41, 5.74) is 1.38. The van der Waals surface area contributed by atoms with E-state index < -0.39 is 0 Å². The van der Waals surface area contributed by atoms with Crippen molar-refractivity contribution in [3.05, 3.63) is 35.1 Å². The molecule has 1 fully saturated rings. The third-order valence-corrected chi connectivity index (χ3v) is 4.88. The summed E-state index contributed by atoms with van der Waals surface area (Å²) in [4.78, 5) is 2.32. The quantitative estimate of drug-likeness (QED) is 0.829. The van der Waals surface area contributed by atoms with E-state index in [9.17, 15) is 4.39 Å². The van der Waals surface area contributed by atoms with E-state index in [0.29, 0.717) is 16.9 Å². The zero-order valence-electron chi connectivity index (χ0n) is 11.4. The van der Waals surface area contributed by atoms with E-state index >= 15 is 0 Å². The average molecular weight is 278 g/mol. The van der Waals surface area contributed by atoms with Gasteiger partial charge >= 0.3 is 0 Å². The lowest BCUT2D eigenvalue weighted by Crippen LogP contribution is -2.27.